The van der Waals surface area contributed by atoms with Crippen molar-refractivity contribution in [3.63, 3.8) is 0 Å². The molecule has 0 aliphatic carbocycles. The molecule has 0 unspecified atom stereocenters. The zero-order chi connectivity index (χ0) is 29.7. The van der Waals surface area contributed by atoms with E-state index in [0.717, 1.165) is 27.8 Å². The van der Waals surface area contributed by atoms with E-state index in [4.69, 9.17) is 21.1 Å². The molecule has 1 atom stereocenters. The number of amides is 1. The maximum absolute atomic E-state index is 13.8. The number of aliphatic carboxylic acids is 1. The van der Waals surface area contributed by atoms with Crippen molar-refractivity contribution in [1.82, 2.24) is 4.90 Å². The van der Waals surface area contributed by atoms with Gasteiger partial charge in [-0.3, -0.25) is 9.59 Å². The third kappa shape index (κ3) is 6.94. The van der Waals surface area contributed by atoms with Crippen molar-refractivity contribution in [3.05, 3.63) is 118 Å². The number of carboxylic acids is 1. The van der Waals surface area contributed by atoms with Gasteiger partial charge in [0.1, 0.15) is 5.60 Å². The minimum absolute atomic E-state index is 0.112. The summed E-state index contributed by atoms with van der Waals surface area (Å²) in [4.78, 5) is 26.8. The number of rotatable bonds is 11. The quantitative estimate of drug-likeness (QED) is 0.204. The second kappa shape index (κ2) is 12.7. The van der Waals surface area contributed by atoms with Crippen LogP contribution < -0.4 is 9.47 Å². The lowest BCUT2D eigenvalue weighted by atomic mass is 9.91. The number of benzene rings is 4. The fourth-order valence-corrected chi connectivity index (χ4v) is 5.61. The molecule has 5 rings (SSSR count). The molecule has 0 aromatic heterocycles. The average molecular weight is 584 g/mol. The molecule has 0 bridgehead atoms. The number of nitrogens with zero attached hydrogens (tertiary/aromatic N) is 1. The molecule has 0 saturated heterocycles. The van der Waals surface area contributed by atoms with E-state index in [1.807, 2.05) is 55.5 Å². The smallest absolute Gasteiger partial charge is 0.305 e. The van der Waals surface area contributed by atoms with Crippen molar-refractivity contribution in [1.29, 1.82) is 0 Å². The predicted molar refractivity (Wildman–Crippen MR) is 165 cm³/mol. The van der Waals surface area contributed by atoms with E-state index in [2.05, 4.69) is 36.4 Å². The lowest BCUT2D eigenvalue weighted by Crippen LogP contribution is -2.35. The lowest BCUT2D eigenvalue weighted by molar-refractivity contribution is -0.137. The Morgan fingerprint density at radius 2 is 1.60 bits per heavy atom. The number of carboxylic acid groups (broad SMARTS) is 1. The molecule has 0 fully saturated rings. The molecular weight excluding hydrogens is 550 g/mol. The third-order valence-corrected chi connectivity index (χ3v) is 7.87. The van der Waals surface area contributed by atoms with Crippen molar-refractivity contribution in [2.45, 2.75) is 38.2 Å². The van der Waals surface area contributed by atoms with Gasteiger partial charge < -0.3 is 19.5 Å². The van der Waals surface area contributed by atoms with E-state index >= 15 is 0 Å². The zero-order valence-electron chi connectivity index (χ0n) is 23.8. The van der Waals surface area contributed by atoms with Crippen LogP contribution in [-0.4, -0.2) is 47.7 Å². The second-order valence-electron chi connectivity index (χ2n) is 10.9. The van der Waals surface area contributed by atoms with Crippen LogP contribution in [0, 0.1) is 0 Å². The summed E-state index contributed by atoms with van der Waals surface area (Å²) in [5.74, 6) is -0.0473. The number of ether oxygens (including phenoxy) is 2. The van der Waals surface area contributed by atoms with Crippen LogP contribution in [0.5, 0.6) is 11.5 Å². The number of fused-ring (bicyclic) bond motifs is 1. The van der Waals surface area contributed by atoms with Gasteiger partial charge in [-0.25, -0.2) is 0 Å². The van der Waals surface area contributed by atoms with Crippen LogP contribution in [0.15, 0.2) is 91.0 Å². The van der Waals surface area contributed by atoms with E-state index in [-0.39, 0.29) is 18.9 Å². The minimum Gasteiger partial charge on any atom is -0.493 e. The number of hydrogen-bond acceptors (Lipinski definition) is 4. The number of methoxy groups -OCH3 is 1. The normalized spacial score (nSPS) is 15.5. The largest absolute Gasteiger partial charge is 0.493 e. The average Bonchev–Trinajstić information content (AvgIpc) is 3.34. The first-order chi connectivity index (χ1) is 20.2. The summed E-state index contributed by atoms with van der Waals surface area (Å²) in [5, 5.41) is 10.0. The first kappa shape index (κ1) is 29.2. The Morgan fingerprint density at radius 1 is 0.929 bits per heavy atom. The molecule has 0 spiro atoms. The summed E-state index contributed by atoms with van der Waals surface area (Å²) in [5.41, 5.74) is 5.26. The molecule has 0 radical (unpaired) electrons. The molecule has 0 saturated carbocycles. The summed E-state index contributed by atoms with van der Waals surface area (Å²) in [6.45, 7) is 2.55. The van der Waals surface area contributed by atoms with Crippen molar-refractivity contribution < 1.29 is 24.2 Å². The van der Waals surface area contributed by atoms with E-state index in [0.29, 0.717) is 47.9 Å². The Hall–Kier alpha value is -4.29. The van der Waals surface area contributed by atoms with Gasteiger partial charge in [0.25, 0.3) is 5.91 Å². The molecule has 4 aromatic carbocycles. The molecule has 1 aliphatic rings. The van der Waals surface area contributed by atoms with Gasteiger partial charge in [0.15, 0.2) is 11.5 Å². The van der Waals surface area contributed by atoms with E-state index in [1.54, 1.807) is 18.1 Å². The monoisotopic (exact) mass is 583 g/mol. The minimum atomic E-state index is -0.946. The van der Waals surface area contributed by atoms with Crippen LogP contribution in [0.1, 0.15) is 40.4 Å². The Labute approximate surface area is 251 Å². The number of halogens is 1. The van der Waals surface area contributed by atoms with Gasteiger partial charge in [0.2, 0.25) is 0 Å². The summed E-state index contributed by atoms with van der Waals surface area (Å²) in [6, 6.07) is 29.6. The molecular formula is C35H34ClNO5. The van der Waals surface area contributed by atoms with Crippen molar-refractivity contribution in [2.75, 3.05) is 20.2 Å². The second-order valence-corrected chi connectivity index (χ2v) is 11.4. The summed E-state index contributed by atoms with van der Waals surface area (Å²) < 4.78 is 12.1. The fourth-order valence-electron chi connectivity index (χ4n) is 5.49. The highest BCUT2D eigenvalue weighted by Crippen LogP contribution is 2.44. The van der Waals surface area contributed by atoms with Gasteiger partial charge in [-0.15, -0.1) is 0 Å². The van der Waals surface area contributed by atoms with Gasteiger partial charge in [-0.05, 0) is 59.9 Å². The maximum Gasteiger partial charge on any atom is 0.305 e. The number of carbonyl (C=O) groups is 2. The highest BCUT2D eigenvalue weighted by Gasteiger charge is 2.38. The first-order valence-corrected chi connectivity index (χ1v) is 14.4. The van der Waals surface area contributed by atoms with Gasteiger partial charge in [0.05, 0.1) is 13.5 Å². The van der Waals surface area contributed by atoms with Gasteiger partial charge in [0, 0.05) is 42.1 Å². The van der Waals surface area contributed by atoms with Crippen LogP contribution in [0.4, 0.5) is 0 Å². The molecule has 4 aromatic rings. The maximum atomic E-state index is 13.8. The van der Waals surface area contributed by atoms with Crippen LogP contribution in [0.25, 0.3) is 11.1 Å². The van der Waals surface area contributed by atoms with Crippen LogP contribution in [0.2, 0.25) is 5.02 Å². The molecule has 1 amide bonds. The third-order valence-electron chi connectivity index (χ3n) is 7.62. The van der Waals surface area contributed by atoms with Crippen molar-refractivity contribution in [2.24, 2.45) is 0 Å². The summed E-state index contributed by atoms with van der Waals surface area (Å²) in [6.07, 6.45) is 1.73. The standard InChI is InChI=1S/C35H34ClNO5/c1-35(22-25-10-14-30(36)15-11-25)23-29-20-28(21-31(41-2)33(29)42-35)34(40)37(19-17-32(38)39)18-16-24-8-12-27(13-9-24)26-6-4-3-5-7-26/h3-15,20-21H,16-19,22-23H2,1-2H3,(H,38,39)/t35-/m0/s1. The number of hydrogen-bond donors (Lipinski definition) is 1. The summed E-state index contributed by atoms with van der Waals surface area (Å²) >= 11 is 6.06. The highest BCUT2D eigenvalue weighted by molar-refractivity contribution is 6.30. The molecule has 216 valence electrons. The van der Waals surface area contributed by atoms with Gasteiger partial charge in [-0.2, -0.15) is 0 Å². The summed E-state index contributed by atoms with van der Waals surface area (Å²) in [7, 11) is 1.56. The Balaban J connectivity index is 1.33. The fraction of sp³-hybridized carbons (Fsp3) is 0.257. The van der Waals surface area contributed by atoms with Gasteiger partial charge >= 0.3 is 5.97 Å². The molecule has 1 N–H and O–H groups in total. The lowest BCUT2D eigenvalue weighted by Gasteiger charge is -2.24. The Bertz CT molecular complexity index is 1550. The molecule has 7 heteroatoms. The van der Waals surface area contributed by atoms with Crippen LogP contribution in [-0.2, 0) is 24.1 Å². The van der Waals surface area contributed by atoms with Crippen LogP contribution in [0.3, 0.4) is 0 Å². The zero-order valence-corrected chi connectivity index (χ0v) is 24.6. The number of carbonyl (C=O) groups excluding carboxylic acids is 1. The molecule has 42 heavy (non-hydrogen) atoms. The topological polar surface area (TPSA) is 76.1 Å². The van der Waals surface area contributed by atoms with Crippen molar-refractivity contribution in [3.8, 4) is 22.6 Å². The molecule has 6 nitrogen and oxygen atoms in total. The Kier molecular flexibility index (Phi) is 8.83. The SMILES string of the molecule is COc1cc(C(=O)N(CCC(=O)O)CCc2ccc(-c3ccccc3)cc2)cc2c1O[C@@](C)(Cc1ccc(Cl)cc1)C2. The predicted octanol–water partition coefficient (Wildman–Crippen LogP) is 7.11. The molecule has 1 aliphatic heterocycles. The van der Waals surface area contributed by atoms with Crippen LogP contribution >= 0.6 is 11.6 Å². The van der Waals surface area contributed by atoms with E-state index < -0.39 is 11.6 Å². The van der Waals surface area contributed by atoms with E-state index in [9.17, 15) is 14.7 Å². The Morgan fingerprint density at radius 3 is 2.26 bits per heavy atom. The first-order valence-electron chi connectivity index (χ1n) is 14.0. The molecule has 1 heterocycles. The van der Waals surface area contributed by atoms with E-state index in [1.165, 1.54) is 0 Å². The van der Waals surface area contributed by atoms with Gasteiger partial charge in [-0.1, -0.05) is 78.3 Å². The highest BCUT2D eigenvalue weighted by atomic mass is 35.5. The van der Waals surface area contributed by atoms with Crippen molar-refractivity contribution >= 4 is 23.5 Å².